The lowest BCUT2D eigenvalue weighted by Crippen LogP contribution is -2.24. The standard InChI is InChI=1S/C18H22FNS/c1-4-18(15-5-9-16(19)10-6-15)20-13(2)14-7-11-17(21-3)12-8-14/h5-13,18,20H,4H2,1-3H3. The minimum Gasteiger partial charge on any atom is -0.303 e. The van der Waals surface area contributed by atoms with Gasteiger partial charge in [0.15, 0.2) is 0 Å². The van der Waals surface area contributed by atoms with Crippen LogP contribution in [-0.2, 0) is 0 Å². The number of hydrogen-bond acceptors (Lipinski definition) is 2. The van der Waals surface area contributed by atoms with E-state index in [-0.39, 0.29) is 17.9 Å². The Morgan fingerprint density at radius 2 is 1.57 bits per heavy atom. The van der Waals surface area contributed by atoms with Crippen LogP contribution in [0.15, 0.2) is 53.4 Å². The second-order valence-corrected chi connectivity index (χ2v) is 6.05. The van der Waals surface area contributed by atoms with Crippen molar-refractivity contribution in [2.24, 2.45) is 0 Å². The normalized spacial score (nSPS) is 13.9. The van der Waals surface area contributed by atoms with E-state index in [1.165, 1.54) is 22.6 Å². The number of halogens is 1. The molecule has 0 amide bonds. The first kappa shape index (κ1) is 16.1. The molecular formula is C18H22FNS. The summed E-state index contributed by atoms with van der Waals surface area (Å²) in [6, 6.07) is 15.9. The topological polar surface area (TPSA) is 12.0 Å². The van der Waals surface area contributed by atoms with E-state index in [1.54, 1.807) is 11.8 Å². The summed E-state index contributed by atoms with van der Waals surface area (Å²) >= 11 is 1.75. The van der Waals surface area contributed by atoms with Crippen molar-refractivity contribution in [2.75, 3.05) is 6.26 Å². The van der Waals surface area contributed by atoms with Gasteiger partial charge in [0.2, 0.25) is 0 Å². The first-order valence-corrected chi connectivity index (χ1v) is 8.52. The van der Waals surface area contributed by atoms with Gasteiger partial charge in [-0.3, -0.25) is 0 Å². The van der Waals surface area contributed by atoms with E-state index in [2.05, 4.69) is 49.7 Å². The molecule has 2 rings (SSSR count). The van der Waals surface area contributed by atoms with Crippen LogP contribution in [0.5, 0.6) is 0 Å². The van der Waals surface area contributed by atoms with Crippen LogP contribution >= 0.6 is 11.8 Å². The third kappa shape index (κ3) is 4.32. The van der Waals surface area contributed by atoms with E-state index in [1.807, 2.05) is 12.1 Å². The lowest BCUT2D eigenvalue weighted by molar-refractivity contribution is 0.455. The zero-order valence-electron chi connectivity index (χ0n) is 12.8. The average molecular weight is 303 g/mol. The summed E-state index contributed by atoms with van der Waals surface area (Å²) in [4.78, 5) is 1.27. The van der Waals surface area contributed by atoms with E-state index < -0.39 is 0 Å². The quantitative estimate of drug-likeness (QED) is 0.722. The van der Waals surface area contributed by atoms with Crippen molar-refractivity contribution in [1.82, 2.24) is 5.32 Å². The highest BCUT2D eigenvalue weighted by atomic mass is 32.2. The van der Waals surface area contributed by atoms with Gasteiger partial charge in [0.25, 0.3) is 0 Å². The molecule has 0 spiro atoms. The van der Waals surface area contributed by atoms with Gasteiger partial charge in [0.1, 0.15) is 5.82 Å². The van der Waals surface area contributed by atoms with Gasteiger partial charge >= 0.3 is 0 Å². The van der Waals surface area contributed by atoms with Gasteiger partial charge in [-0.2, -0.15) is 0 Å². The molecule has 0 saturated heterocycles. The summed E-state index contributed by atoms with van der Waals surface area (Å²) in [7, 11) is 0. The van der Waals surface area contributed by atoms with Crippen molar-refractivity contribution in [3.63, 3.8) is 0 Å². The highest BCUT2D eigenvalue weighted by Crippen LogP contribution is 2.24. The van der Waals surface area contributed by atoms with Crippen molar-refractivity contribution in [1.29, 1.82) is 0 Å². The summed E-state index contributed by atoms with van der Waals surface area (Å²) in [6.07, 6.45) is 3.05. The van der Waals surface area contributed by atoms with Gasteiger partial charge in [-0.15, -0.1) is 11.8 Å². The van der Waals surface area contributed by atoms with Crippen LogP contribution in [0.1, 0.15) is 43.5 Å². The largest absolute Gasteiger partial charge is 0.303 e. The number of benzene rings is 2. The average Bonchev–Trinajstić information content (AvgIpc) is 2.53. The van der Waals surface area contributed by atoms with Crippen molar-refractivity contribution in [2.45, 2.75) is 37.2 Å². The molecule has 2 unspecified atom stereocenters. The van der Waals surface area contributed by atoms with Gasteiger partial charge in [0, 0.05) is 17.0 Å². The van der Waals surface area contributed by atoms with Gasteiger partial charge < -0.3 is 5.32 Å². The van der Waals surface area contributed by atoms with Crippen molar-refractivity contribution < 1.29 is 4.39 Å². The van der Waals surface area contributed by atoms with Crippen molar-refractivity contribution in [3.05, 3.63) is 65.5 Å². The molecule has 112 valence electrons. The van der Waals surface area contributed by atoms with E-state index in [0.717, 1.165) is 12.0 Å². The van der Waals surface area contributed by atoms with Crippen LogP contribution < -0.4 is 5.32 Å². The van der Waals surface area contributed by atoms with Crippen LogP contribution in [-0.4, -0.2) is 6.26 Å². The third-order valence-electron chi connectivity index (χ3n) is 3.75. The molecule has 2 aromatic rings. The van der Waals surface area contributed by atoms with Crippen molar-refractivity contribution in [3.8, 4) is 0 Å². The molecule has 0 aliphatic rings. The van der Waals surface area contributed by atoms with E-state index in [4.69, 9.17) is 0 Å². The molecule has 0 saturated carbocycles. The summed E-state index contributed by atoms with van der Waals surface area (Å²) in [5, 5.41) is 3.63. The van der Waals surface area contributed by atoms with E-state index in [0.29, 0.717) is 0 Å². The monoisotopic (exact) mass is 303 g/mol. The molecule has 2 atom stereocenters. The minimum absolute atomic E-state index is 0.186. The maximum Gasteiger partial charge on any atom is 0.123 e. The lowest BCUT2D eigenvalue weighted by atomic mass is 10.0. The van der Waals surface area contributed by atoms with Gasteiger partial charge in [-0.25, -0.2) is 4.39 Å². The smallest absolute Gasteiger partial charge is 0.123 e. The van der Waals surface area contributed by atoms with Gasteiger partial charge in [-0.1, -0.05) is 31.2 Å². The Hall–Kier alpha value is -1.32. The van der Waals surface area contributed by atoms with Gasteiger partial charge in [-0.05, 0) is 55.0 Å². The Balaban J connectivity index is 2.08. The second kappa shape index (κ2) is 7.62. The summed E-state index contributed by atoms with van der Waals surface area (Å²) in [5.41, 5.74) is 2.40. The molecule has 2 aromatic carbocycles. The van der Waals surface area contributed by atoms with Crippen LogP contribution in [0.3, 0.4) is 0 Å². The minimum atomic E-state index is -0.186. The Kier molecular flexibility index (Phi) is 5.83. The lowest BCUT2D eigenvalue weighted by Gasteiger charge is -2.23. The van der Waals surface area contributed by atoms with Gasteiger partial charge in [0.05, 0.1) is 0 Å². The van der Waals surface area contributed by atoms with Crippen LogP contribution in [0.2, 0.25) is 0 Å². The fourth-order valence-electron chi connectivity index (χ4n) is 2.44. The molecule has 0 aliphatic heterocycles. The fourth-order valence-corrected chi connectivity index (χ4v) is 2.84. The highest BCUT2D eigenvalue weighted by Gasteiger charge is 2.13. The Bertz CT molecular complexity index is 550. The van der Waals surface area contributed by atoms with Crippen LogP contribution in [0, 0.1) is 5.82 Å². The molecule has 0 radical (unpaired) electrons. The molecule has 0 aliphatic carbocycles. The zero-order chi connectivity index (χ0) is 15.2. The van der Waals surface area contributed by atoms with Crippen molar-refractivity contribution >= 4 is 11.8 Å². The maximum absolute atomic E-state index is 13.0. The molecule has 1 N–H and O–H groups in total. The number of rotatable bonds is 6. The predicted octanol–water partition coefficient (Wildman–Crippen LogP) is 5.35. The molecule has 0 bridgehead atoms. The Labute approximate surface area is 131 Å². The molecular weight excluding hydrogens is 281 g/mol. The molecule has 21 heavy (non-hydrogen) atoms. The summed E-state index contributed by atoms with van der Waals surface area (Å²) in [6.45, 7) is 4.31. The maximum atomic E-state index is 13.0. The number of thioether (sulfide) groups is 1. The van der Waals surface area contributed by atoms with E-state index >= 15 is 0 Å². The zero-order valence-corrected chi connectivity index (χ0v) is 13.6. The first-order valence-electron chi connectivity index (χ1n) is 7.29. The summed E-state index contributed by atoms with van der Waals surface area (Å²) in [5.74, 6) is -0.186. The molecule has 0 aromatic heterocycles. The molecule has 1 nitrogen and oxygen atoms in total. The Morgan fingerprint density at radius 1 is 1.00 bits per heavy atom. The molecule has 0 fully saturated rings. The second-order valence-electron chi connectivity index (χ2n) is 5.17. The fraction of sp³-hybridized carbons (Fsp3) is 0.333. The highest BCUT2D eigenvalue weighted by molar-refractivity contribution is 7.98. The predicted molar refractivity (Wildman–Crippen MR) is 89.2 cm³/mol. The SMILES string of the molecule is CCC(NC(C)c1ccc(SC)cc1)c1ccc(F)cc1. The van der Waals surface area contributed by atoms with Crippen LogP contribution in [0.25, 0.3) is 0 Å². The number of nitrogens with one attached hydrogen (secondary N) is 1. The third-order valence-corrected chi connectivity index (χ3v) is 4.49. The molecule has 0 heterocycles. The van der Waals surface area contributed by atoms with Crippen LogP contribution in [0.4, 0.5) is 4.39 Å². The first-order chi connectivity index (χ1) is 10.1. The molecule has 3 heteroatoms. The number of hydrogen-bond donors (Lipinski definition) is 1. The Morgan fingerprint density at radius 3 is 2.10 bits per heavy atom. The van der Waals surface area contributed by atoms with E-state index in [9.17, 15) is 4.39 Å². The summed E-state index contributed by atoms with van der Waals surface area (Å²) < 4.78 is 13.0.